The minimum atomic E-state index is -4.35. The van der Waals surface area contributed by atoms with E-state index < -0.39 is 11.7 Å². The van der Waals surface area contributed by atoms with Gasteiger partial charge in [-0.25, -0.2) is 0 Å². The molecule has 2 nitrogen and oxygen atoms in total. The van der Waals surface area contributed by atoms with Crippen molar-refractivity contribution in [3.63, 3.8) is 0 Å². The van der Waals surface area contributed by atoms with Gasteiger partial charge in [-0.15, -0.1) is 0 Å². The van der Waals surface area contributed by atoms with Gasteiger partial charge in [0.2, 0.25) is 0 Å². The van der Waals surface area contributed by atoms with Crippen molar-refractivity contribution in [2.24, 2.45) is 5.92 Å². The molecular weight excluding hydrogens is 241 g/mol. The fraction of sp³-hybridized carbons (Fsp3) is 0.538. The van der Waals surface area contributed by atoms with Gasteiger partial charge in [0.15, 0.2) is 0 Å². The van der Waals surface area contributed by atoms with E-state index in [1.54, 1.807) is 4.90 Å². The van der Waals surface area contributed by atoms with Gasteiger partial charge in [0, 0.05) is 18.8 Å². The molecule has 0 amide bonds. The predicted molar refractivity (Wildman–Crippen MR) is 68.6 cm³/mol. The normalized spacial score (nSPS) is 11.9. The van der Waals surface area contributed by atoms with Crippen molar-refractivity contribution in [3.05, 3.63) is 23.8 Å². The van der Waals surface area contributed by atoms with Crippen molar-refractivity contribution in [3.8, 4) is 0 Å². The van der Waals surface area contributed by atoms with Crippen LogP contribution in [-0.4, -0.2) is 13.1 Å². The lowest BCUT2D eigenvalue weighted by Crippen LogP contribution is -2.29. The lowest BCUT2D eigenvalue weighted by atomic mass is 10.1. The van der Waals surface area contributed by atoms with Gasteiger partial charge in [0.1, 0.15) is 0 Å². The lowest BCUT2D eigenvalue weighted by Gasteiger charge is -2.28. The second-order valence-electron chi connectivity index (χ2n) is 4.71. The first-order chi connectivity index (χ1) is 8.25. The van der Waals surface area contributed by atoms with E-state index in [1.807, 2.05) is 20.8 Å². The number of nitrogens with two attached hydrogens (primary N) is 1. The Labute approximate surface area is 106 Å². The van der Waals surface area contributed by atoms with E-state index in [0.29, 0.717) is 18.8 Å². The molecule has 0 atom stereocenters. The molecule has 0 radical (unpaired) electrons. The van der Waals surface area contributed by atoms with Gasteiger partial charge in [-0.2, -0.15) is 13.2 Å². The second-order valence-corrected chi connectivity index (χ2v) is 4.71. The zero-order chi connectivity index (χ0) is 13.9. The van der Waals surface area contributed by atoms with E-state index in [-0.39, 0.29) is 11.6 Å². The number of nitrogen functional groups attached to an aromatic ring is 1. The molecule has 0 aliphatic carbocycles. The Morgan fingerprint density at radius 1 is 1.28 bits per heavy atom. The Hall–Kier alpha value is -1.39. The maximum absolute atomic E-state index is 12.9. The van der Waals surface area contributed by atoms with Gasteiger partial charge >= 0.3 is 6.18 Å². The van der Waals surface area contributed by atoms with Crippen molar-refractivity contribution in [1.29, 1.82) is 0 Å². The largest absolute Gasteiger partial charge is 0.418 e. The molecule has 0 saturated carbocycles. The highest BCUT2D eigenvalue weighted by atomic mass is 19.4. The lowest BCUT2D eigenvalue weighted by molar-refractivity contribution is -0.137. The third-order valence-electron chi connectivity index (χ3n) is 2.64. The summed E-state index contributed by atoms with van der Waals surface area (Å²) in [5.74, 6) is 0.285. The predicted octanol–water partition coefficient (Wildman–Crippen LogP) is 3.77. The Kier molecular flexibility index (Phi) is 4.48. The SMILES string of the molecule is CCN(CC(C)C)c1cc(N)ccc1C(F)(F)F. The minimum absolute atomic E-state index is 0.165. The molecule has 2 N–H and O–H groups in total. The third-order valence-corrected chi connectivity index (χ3v) is 2.64. The minimum Gasteiger partial charge on any atom is -0.399 e. The third kappa shape index (κ3) is 3.55. The quantitative estimate of drug-likeness (QED) is 0.835. The van der Waals surface area contributed by atoms with Crippen molar-refractivity contribution in [1.82, 2.24) is 0 Å². The molecule has 0 fully saturated rings. The Bertz CT molecular complexity index is 400. The molecular formula is C13H19F3N2. The maximum Gasteiger partial charge on any atom is 0.418 e. The second kappa shape index (κ2) is 5.50. The Morgan fingerprint density at radius 3 is 2.33 bits per heavy atom. The highest BCUT2D eigenvalue weighted by Gasteiger charge is 2.34. The molecule has 0 aliphatic heterocycles. The van der Waals surface area contributed by atoms with Gasteiger partial charge in [0.05, 0.1) is 11.3 Å². The molecule has 0 saturated heterocycles. The van der Waals surface area contributed by atoms with E-state index in [9.17, 15) is 13.2 Å². The molecule has 18 heavy (non-hydrogen) atoms. The van der Waals surface area contributed by atoms with Gasteiger partial charge in [0.25, 0.3) is 0 Å². The van der Waals surface area contributed by atoms with Crippen molar-refractivity contribution < 1.29 is 13.2 Å². The highest BCUT2D eigenvalue weighted by molar-refractivity contribution is 5.62. The zero-order valence-electron chi connectivity index (χ0n) is 10.9. The number of benzene rings is 1. The molecule has 0 aliphatic rings. The smallest absolute Gasteiger partial charge is 0.399 e. The van der Waals surface area contributed by atoms with Gasteiger partial charge in [-0.3, -0.25) is 0 Å². The number of hydrogen-bond acceptors (Lipinski definition) is 2. The summed E-state index contributed by atoms with van der Waals surface area (Å²) >= 11 is 0. The number of alkyl halides is 3. The Morgan fingerprint density at radius 2 is 1.89 bits per heavy atom. The number of rotatable bonds is 4. The fourth-order valence-corrected chi connectivity index (χ4v) is 1.89. The average molecular weight is 260 g/mol. The summed E-state index contributed by atoms with van der Waals surface area (Å²) in [6, 6.07) is 3.73. The van der Waals surface area contributed by atoms with Crippen LogP contribution in [0.15, 0.2) is 18.2 Å². The maximum atomic E-state index is 12.9. The van der Waals surface area contributed by atoms with E-state index in [0.717, 1.165) is 6.07 Å². The van der Waals surface area contributed by atoms with Crippen molar-refractivity contribution >= 4 is 11.4 Å². The summed E-state index contributed by atoms with van der Waals surface area (Å²) in [5, 5.41) is 0. The van der Waals surface area contributed by atoms with E-state index in [1.165, 1.54) is 12.1 Å². The molecule has 1 aromatic carbocycles. The number of anilines is 2. The average Bonchev–Trinajstić information content (AvgIpc) is 2.23. The van der Waals surface area contributed by atoms with Crippen LogP contribution in [0.3, 0.4) is 0 Å². The topological polar surface area (TPSA) is 29.3 Å². The van der Waals surface area contributed by atoms with E-state index >= 15 is 0 Å². The van der Waals surface area contributed by atoms with E-state index in [2.05, 4.69) is 0 Å². The summed E-state index contributed by atoms with van der Waals surface area (Å²) in [4.78, 5) is 1.71. The molecule has 1 rings (SSSR count). The molecule has 0 aromatic heterocycles. The van der Waals surface area contributed by atoms with Crippen LogP contribution in [0.1, 0.15) is 26.3 Å². The zero-order valence-corrected chi connectivity index (χ0v) is 10.9. The Balaban J connectivity index is 3.22. The molecule has 1 aromatic rings. The molecule has 0 heterocycles. The number of hydrogen-bond donors (Lipinski definition) is 1. The summed E-state index contributed by atoms with van der Waals surface area (Å²) in [5.41, 5.74) is 5.49. The first-order valence-corrected chi connectivity index (χ1v) is 5.97. The summed E-state index contributed by atoms with van der Waals surface area (Å²) in [6.45, 7) is 6.88. The standard InChI is InChI=1S/C13H19F3N2/c1-4-18(8-9(2)3)12-7-10(17)5-6-11(12)13(14,15)16/h5-7,9H,4,8,17H2,1-3H3. The molecule has 0 unspecified atom stereocenters. The van der Waals surface area contributed by atoms with Crippen molar-refractivity contribution in [2.45, 2.75) is 26.9 Å². The van der Waals surface area contributed by atoms with Gasteiger partial charge in [-0.05, 0) is 31.0 Å². The highest BCUT2D eigenvalue weighted by Crippen LogP contribution is 2.37. The number of halogens is 3. The fourth-order valence-electron chi connectivity index (χ4n) is 1.89. The monoisotopic (exact) mass is 260 g/mol. The van der Waals surface area contributed by atoms with Crippen LogP contribution in [0.4, 0.5) is 24.5 Å². The van der Waals surface area contributed by atoms with Crippen LogP contribution in [0.5, 0.6) is 0 Å². The van der Waals surface area contributed by atoms with Gasteiger partial charge in [-0.1, -0.05) is 13.8 Å². The summed E-state index contributed by atoms with van der Waals surface area (Å²) in [7, 11) is 0. The van der Waals surface area contributed by atoms with E-state index in [4.69, 9.17) is 5.73 Å². The van der Waals surface area contributed by atoms with Crippen LogP contribution in [0.25, 0.3) is 0 Å². The molecule has 102 valence electrons. The van der Waals surface area contributed by atoms with Crippen LogP contribution < -0.4 is 10.6 Å². The molecule has 5 heteroatoms. The van der Waals surface area contributed by atoms with Gasteiger partial charge < -0.3 is 10.6 Å². The van der Waals surface area contributed by atoms with Crippen LogP contribution in [0, 0.1) is 5.92 Å². The van der Waals surface area contributed by atoms with Crippen LogP contribution >= 0.6 is 0 Å². The van der Waals surface area contributed by atoms with Crippen LogP contribution in [-0.2, 0) is 6.18 Å². The molecule has 0 bridgehead atoms. The summed E-state index contributed by atoms with van der Waals surface area (Å²) in [6.07, 6.45) is -4.35. The molecule has 0 spiro atoms. The summed E-state index contributed by atoms with van der Waals surface area (Å²) < 4.78 is 38.8. The first-order valence-electron chi connectivity index (χ1n) is 5.97. The first kappa shape index (κ1) is 14.7. The van der Waals surface area contributed by atoms with Crippen LogP contribution in [0.2, 0.25) is 0 Å². The number of nitrogens with zero attached hydrogens (tertiary/aromatic N) is 1. The van der Waals surface area contributed by atoms with Crippen molar-refractivity contribution in [2.75, 3.05) is 23.7 Å².